The van der Waals surface area contributed by atoms with Crippen LogP contribution in [0, 0.1) is 6.92 Å². The molecule has 100 valence electrons. The van der Waals surface area contributed by atoms with Gasteiger partial charge in [-0.1, -0.05) is 49.5 Å². The predicted octanol–water partition coefficient (Wildman–Crippen LogP) is 4.01. The molecular formula is C14H22O2SSi. The lowest BCUT2D eigenvalue weighted by Crippen LogP contribution is -2.18. The number of hydrogen-bond donors (Lipinski definition) is 0. The molecular weight excluding hydrogens is 260 g/mol. The van der Waals surface area contributed by atoms with Gasteiger partial charge in [0.15, 0.2) is 9.84 Å². The maximum absolute atomic E-state index is 12.2. The molecule has 0 saturated heterocycles. The van der Waals surface area contributed by atoms with Crippen molar-refractivity contribution in [1.82, 2.24) is 0 Å². The Hall–Kier alpha value is -0.873. The number of allylic oxidation sites excluding steroid dienone is 1. The van der Waals surface area contributed by atoms with Crippen molar-refractivity contribution in [2.45, 2.75) is 43.9 Å². The fraction of sp³-hybridized carbons (Fsp3) is 0.429. The Morgan fingerprint density at radius 3 is 2.28 bits per heavy atom. The Morgan fingerprint density at radius 2 is 1.78 bits per heavy atom. The molecule has 4 heteroatoms. The van der Waals surface area contributed by atoms with E-state index in [1.54, 1.807) is 24.3 Å². The molecule has 18 heavy (non-hydrogen) atoms. The Bertz CT molecular complexity index is 554. The number of aryl methyl sites for hydroxylation is 1. The second-order valence-corrected chi connectivity index (χ2v) is 13.1. The van der Waals surface area contributed by atoms with E-state index in [2.05, 4.69) is 19.6 Å². The first-order chi connectivity index (χ1) is 8.63. The summed E-state index contributed by atoms with van der Waals surface area (Å²) in [4.78, 5) is 0.201. The van der Waals surface area contributed by atoms with Crippen LogP contribution >= 0.6 is 0 Å². The van der Waals surface area contributed by atoms with Gasteiger partial charge in [-0.2, -0.15) is 0 Å². The van der Waals surface area contributed by atoms with Crippen molar-refractivity contribution in [2.75, 3.05) is 0 Å². The van der Waals surface area contributed by atoms with Crippen LogP contribution in [0.2, 0.25) is 25.7 Å². The topological polar surface area (TPSA) is 34.1 Å². The number of benzene rings is 1. The maximum atomic E-state index is 12.2. The van der Waals surface area contributed by atoms with E-state index in [0.717, 1.165) is 11.6 Å². The molecule has 1 aromatic rings. The summed E-state index contributed by atoms with van der Waals surface area (Å²) in [6.07, 6.45) is 2.20. The smallest absolute Gasteiger partial charge is 0.199 e. The fourth-order valence-electron chi connectivity index (χ4n) is 1.46. The van der Waals surface area contributed by atoms with Gasteiger partial charge in [-0.15, -0.1) is 0 Å². The van der Waals surface area contributed by atoms with E-state index in [9.17, 15) is 8.42 Å². The van der Waals surface area contributed by atoms with Crippen molar-refractivity contribution < 1.29 is 9.79 Å². The molecule has 0 saturated carbocycles. The largest absolute Gasteiger partial charge is 0.219 e. The van der Waals surface area contributed by atoms with E-state index in [4.69, 9.17) is 1.37 Å². The van der Waals surface area contributed by atoms with Gasteiger partial charge in [0.05, 0.1) is 6.27 Å². The van der Waals surface area contributed by atoms with Gasteiger partial charge >= 0.3 is 0 Å². The Kier molecular flexibility index (Phi) is 4.40. The summed E-state index contributed by atoms with van der Waals surface area (Å²) >= 11 is 0. The zero-order valence-electron chi connectivity index (χ0n) is 12.5. The second-order valence-electron chi connectivity index (χ2n) is 5.74. The van der Waals surface area contributed by atoms with E-state index >= 15 is 0 Å². The van der Waals surface area contributed by atoms with Crippen LogP contribution in [0.1, 0.15) is 13.4 Å². The van der Waals surface area contributed by atoms with E-state index < -0.39 is 17.9 Å². The zero-order chi connectivity index (χ0) is 14.7. The molecule has 0 spiro atoms. The quantitative estimate of drug-likeness (QED) is 0.765. The Labute approximate surface area is 113 Å². The first-order valence-corrected chi connectivity index (χ1v) is 11.3. The highest BCUT2D eigenvalue weighted by Crippen LogP contribution is 2.15. The lowest BCUT2D eigenvalue weighted by Gasteiger charge is -2.13. The summed E-state index contributed by atoms with van der Waals surface area (Å²) in [5.74, 6) is 0. The average molecular weight is 283 g/mol. The number of hydrogen-bond acceptors (Lipinski definition) is 2. The van der Waals surface area contributed by atoms with Crippen LogP contribution in [0.4, 0.5) is 0 Å². The van der Waals surface area contributed by atoms with Gasteiger partial charge in [0.1, 0.15) is 0 Å². The second kappa shape index (κ2) is 5.84. The molecule has 0 radical (unpaired) electrons. The van der Waals surface area contributed by atoms with Gasteiger partial charge < -0.3 is 0 Å². The number of rotatable bonds is 5. The van der Waals surface area contributed by atoms with Crippen molar-refractivity contribution >= 4 is 17.9 Å². The number of sulfone groups is 1. The zero-order valence-corrected chi connectivity index (χ0v) is 13.3. The summed E-state index contributed by atoms with van der Waals surface area (Å²) in [5, 5.41) is -0.283. The third kappa shape index (κ3) is 5.19. The van der Waals surface area contributed by atoms with Crippen molar-refractivity contribution in [3.63, 3.8) is 0 Å². The molecule has 0 aliphatic heterocycles. The minimum absolute atomic E-state index is 0.201. The third-order valence-electron chi connectivity index (χ3n) is 2.61. The lowest BCUT2D eigenvalue weighted by molar-refractivity contribution is 0.604. The van der Waals surface area contributed by atoms with Gasteiger partial charge in [-0.3, -0.25) is 0 Å². The van der Waals surface area contributed by atoms with Crippen molar-refractivity contribution in [2.24, 2.45) is 0 Å². The van der Waals surface area contributed by atoms with Gasteiger partial charge in [-0.25, -0.2) is 8.42 Å². The van der Waals surface area contributed by atoms with E-state index in [1.165, 1.54) is 6.08 Å². The third-order valence-corrected chi connectivity index (χ3v) is 5.77. The molecule has 0 aromatic heterocycles. The lowest BCUT2D eigenvalue weighted by atomic mass is 10.2. The van der Waals surface area contributed by atoms with Gasteiger partial charge in [0.2, 0.25) is 0 Å². The van der Waals surface area contributed by atoms with Crippen LogP contribution < -0.4 is 0 Å². The molecule has 0 heterocycles. The van der Waals surface area contributed by atoms with Gasteiger partial charge in [0.25, 0.3) is 0 Å². The molecule has 0 aliphatic rings. The summed E-state index contributed by atoms with van der Waals surface area (Å²) in [5.41, 5.74) is 1.01. The molecule has 0 aliphatic carbocycles. The van der Waals surface area contributed by atoms with Crippen LogP contribution in [0.3, 0.4) is 0 Å². The van der Waals surface area contributed by atoms with Gasteiger partial charge in [0, 0.05) is 13.5 Å². The van der Waals surface area contributed by atoms with Crippen molar-refractivity contribution in [3.05, 3.63) is 41.3 Å². The predicted molar refractivity (Wildman–Crippen MR) is 80.3 cm³/mol. The van der Waals surface area contributed by atoms with E-state index in [-0.39, 0.29) is 10.3 Å². The van der Waals surface area contributed by atoms with Crippen molar-refractivity contribution in [1.29, 1.82) is 0 Å². The molecule has 2 nitrogen and oxygen atoms in total. The Morgan fingerprint density at radius 1 is 1.22 bits per heavy atom. The summed E-state index contributed by atoms with van der Waals surface area (Å²) in [6.45, 7) is 8.61. The van der Waals surface area contributed by atoms with Gasteiger partial charge in [-0.05, 0) is 25.5 Å². The first kappa shape index (κ1) is 13.6. The van der Waals surface area contributed by atoms with Crippen LogP contribution in [0.15, 0.2) is 40.6 Å². The highest BCUT2D eigenvalue weighted by Gasteiger charge is 2.12. The van der Waals surface area contributed by atoms with E-state index in [0.29, 0.717) is 6.42 Å². The highest BCUT2D eigenvalue weighted by molar-refractivity contribution is 7.94. The molecule has 0 amide bonds. The molecule has 0 fully saturated rings. The van der Waals surface area contributed by atoms with Crippen molar-refractivity contribution in [3.8, 4) is 0 Å². The summed E-state index contributed by atoms with van der Waals surface area (Å²) in [7, 11) is -4.82. The maximum Gasteiger partial charge on any atom is 0.199 e. The molecule has 0 N–H and O–H groups in total. The molecule has 0 bridgehead atoms. The minimum atomic E-state index is -3.63. The molecule has 0 unspecified atom stereocenters. The minimum Gasteiger partial charge on any atom is -0.219 e. The van der Waals surface area contributed by atoms with Crippen LogP contribution in [-0.2, 0) is 9.84 Å². The normalized spacial score (nSPS) is 14.4. The first-order valence-electron chi connectivity index (χ1n) is 6.61. The highest BCUT2D eigenvalue weighted by atomic mass is 32.2. The monoisotopic (exact) mass is 283 g/mol. The van der Waals surface area contributed by atoms with Crippen LogP contribution in [-0.4, -0.2) is 16.5 Å². The van der Waals surface area contributed by atoms with Crippen LogP contribution in [0.25, 0.3) is 0 Å². The summed E-state index contributed by atoms with van der Waals surface area (Å²) < 4.78 is 32.1. The SMILES string of the molecule is [2H]/C(=C\CC[Si](C)(C)C)S(=O)(=O)c1ccc(C)cc1. The van der Waals surface area contributed by atoms with E-state index in [1.807, 2.05) is 6.92 Å². The van der Waals surface area contributed by atoms with Crippen LogP contribution in [0.5, 0.6) is 0 Å². The standard InChI is InChI=1S/C14H22O2SSi/c1-13-7-9-14(10-8-13)17(15,16)11-5-6-12-18(2,3)4/h5,7-11H,6,12H2,1-4H3/b11-5+/i11D. The molecule has 0 atom stereocenters. The Balaban J connectivity index is 2.88. The molecule has 1 aromatic carbocycles. The summed E-state index contributed by atoms with van der Waals surface area (Å²) in [6, 6.07) is 7.63. The average Bonchev–Trinajstić information content (AvgIpc) is 2.27. The molecule has 1 rings (SSSR count). The fourth-order valence-corrected chi connectivity index (χ4v) is 3.44.